The molecule has 4 rings (SSSR count). The van der Waals surface area contributed by atoms with Gasteiger partial charge in [-0.3, -0.25) is 13.9 Å². The maximum absolute atomic E-state index is 12.4. The van der Waals surface area contributed by atoms with Crippen molar-refractivity contribution in [2.24, 2.45) is 21.1 Å². The van der Waals surface area contributed by atoms with Crippen LogP contribution in [0.15, 0.2) is 40.4 Å². The molecule has 1 aromatic carbocycles. The molecule has 0 unspecified atom stereocenters. The van der Waals surface area contributed by atoms with Crippen molar-refractivity contribution in [2.45, 2.75) is 6.54 Å². The molecule has 0 saturated carbocycles. The van der Waals surface area contributed by atoms with Crippen LogP contribution in [0.3, 0.4) is 0 Å². The summed E-state index contributed by atoms with van der Waals surface area (Å²) >= 11 is 0. The van der Waals surface area contributed by atoms with E-state index in [2.05, 4.69) is 9.97 Å². The minimum absolute atomic E-state index is 0.164. The fourth-order valence-electron chi connectivity index (χ4n) is 3.00. The van der Waals surface area contributed by atoms with Crippen LogP contribution in [0.2, 0.25) is 0 Å². The fourth-order valence-corrected chi connectivity index (χ4v) is 3.00. The van der Waals surface area contributed by atoms with Crippen LogP contribution in [0.4, 0.5) is 0 Å². The SMILES string of the molecule is Cn1c(=O)c2c(ncn2CC(=O)Oc2ccc3c(c2)ncn3C)n(C)c1=O. The molecule has 0 aliphatic rings. The van der Waals surface area contributed by atoms with E-state index in [9.17, 15) is 14.4 Å². The van der Waals surface area contributed by atoms with E-state index in [1.54, 1.807) is 18.5 Å². The lowest BCUT2D eigenvalue weighted by atomic mass is 10.3. The summed E-state index contributed by atoms with van der Waals surface area (Å²) in [5, 5.41) is 0. The second-order valence-electron chi connectivity index (χ2n) is 6.23. The van der Waals surface area contributed by atoms with Gasteiger partial charge >= 0.3 is 11.7 Å². The molecule has 10 heteroatoms. The van der Waals surface area contributed by atoms with Gasteiger partial charge in [-0.15, -0.1) is 0 Å². The number of aryl methyl sites for hydroxylation is 2. The van der Waals surface area contributed by atoms with Gasteiger partial charge in [0.15, 0.2) is 11.2 Å². The minimum atomic E-state index is -0.569. The van der Waals surface area contributed by atoms with Crippen molar-refractivity contribution in [1.29, 1.82) is 0 Å². The highest BCUT2D eigenvalue weighted by molar-refractivity contribution is 5.80. The number of carbonyl (C=O) groups excluding carboxylic acids is 1. The molecule has 27 heavy (non-hydrogen) atoms. The van der Waals surface area contributed by atoms with Crippen LogP contribution in [0.1, 0.15) is 0 Å². The number of fused-ring (bicyclic) bond motifs is 2. The Bertz CT molecular complexity index is 1320. The van der Waals surface area contributed by atoms with E-state index in [0.29, 0.717) is 11.3 Å². The normalized spacial score (nSPS) is 11.4. The van der Waals surface area contributed by atoms with Crippen molar-refractivity contribution < 1.29 is 9.53 Å². The number of hydrogen-bond acceptors (Lipinski definition) is 6. The Morgan fingerprint density at radius 1 is 1.07 bits per heavy atom. The van der Waals surface area contributed by atoms with Crippen molar-refractivity contribution in [3.05, 3.63) is 51.7 Å². The lowest BCUT2D eigenvalue weighted by molar-refractivity contribution is -0.134. The van der Waals surface area contributed by atoms with Gasteiger partial charge in [0, 0.05) is 27.2 Å². The van der Waals surface area contributed by atoms with E-state index in [-0.39, 0.29) is 17.7 Å². The van der Waals surface area contributed by atoms with Crippen LogP contribution < -0.4 is 16.0 Å². The summed E-state index contributed by atoms with van der Waals surface area (Å²) in [6, 6.07) is 5.15. The van der Waals surface area contributed by atoms with Crippen LogP contribution in [0.5, 0.6) is 5.75 Å². The summed E-state index contributed by atoms with van der Waals surface area (Å²) in [6.07, 6.45) is 3.02. The van der Waals surface area contributed by atoms with E-state index in [0.717, 1.165) is 10.1 Å². The van der Waals surface area contributed by atoms with Gasteiger partial charge in [0.05, 0.1) is 23.7 Å². The van der Waals surface area contributed by atoms with E-state index in [1.165, 1.54) is 29.6 Å². The van der Waals surface area contributed by atoms with Gasteiger partial charge in [0.25, 0.3) is 5.56 Å². The third kappa shape index (κ3) is 2.62. The summed E-state index contributed by atoms with van der Waals surface area (Å²) in [6.45, 7) is -0.218. The Morgan fingerprint density at radius 2 is 1.85 bits per heavy atom. The number of benzene rings is 1. The average molecular weight is 368 g/mol. The number of ether oxygens (including phenoxy) is 1. The molecular weight excluding hydrogens is 352 g/mol. The predicted molar refractivity (Wildman–Crippen MR) is 96.6 cm³/mol. The summed E-state index contributed by atoms with van der Waals surface area (Å²) in [4.78, 5) is 45.0. The standard InChI is InChI=1S/C17H16N6O4/c1-20-8-18-11-6-10(4-5-12(11)20)27-13(24)7-23-9-19-15-14(23)16(25)22(3)17(26)21(15)2/h4-6,8-9H,7H2,1-3H3. The van der Waals surface area contributed by atoms with E-state index in [1.807, 2.05) is 17.7 Å². The molecule has 0 N–H and O–H groups in total. The average Bonchev–Trinajstić information content (AvgIpc) is 3.22. The monoisotopic (exact) mass is 368 g/mol. The minimum Gasteiger partial charge on any atom is -0.425 e. The molecular formula is C17H16N6O4. The number of carbonyl (C=O) groups is 1. The van der Waals surface area contributed by atoms with Gasteiger partial charge in [0.2, 0.25) is 0 Å². The number of rotatable bonds is 3. The highest BCUT2D eigenvalue weighted by Crippen LogP contribution is 2.19. The van der Waals surface area contributed by atoms with Crippen LogP contribution in [-0.4, -0.2) is 34.2 Å². The summed E-state index contributed by atoms with van der Waals surface area (Å²) in [5.74, 6) is -0.212. The quantitative estimate of drug-likeness (QED) is 0.370. The van der Waals surface area contributed by atoms with E-state index < -0.39 is 17.2 Å². The van der Waals surface area contributed by atoms with Gasteiger partial charge in [-0.2, -0.15) is 0 Å². The largest absolute Gasteiger partial charge is 0.425 e. The molecule has 0 atom stereocenters. The van der Waals surface area contributed by atoms with Gasteiger partial charge in [0.1, 0.15) is 12.3 Å². The zero-order valence-electron chi connectivity index (χ0n) is 14.9. The second kappa shape index (κ2) is 5.94. The second-order valence-corrected chi connectivity index (χ2v) is 6.23. The van der Waals surface area contributed by atoms with E-state index in [4.69, 9.17) is 4.74 Å². The Morgan fingerprint density at radius 3 is 2.63 bits per heavy atom. The molecule has 0 aliphatic carbocycles. The first-order valence-electron chi connectivity index (χ1n) is 8.09. The molecule has 0 radical (unpaired) electrons. The lowest BCUT2D eigenvalue weighted by Crippen LogP contribution is -2.37. The van der Waals surface area contributed by atoms with Gasteiger partial charge < -0.3 is 13.9 Å². The first kappa shape index (κ1) is 16.8. The molecule has 138 valence electrons. The molecule has 0 aliphatic heterocycles. The third-order valence-corrected chi connectivity index (χ3v) is 4.45. The molecule has 0 bridgehead atoms. The summed E-state index contributed by atoms with van der Waals surface area (Å²) in [7, 11) is 4.77. The van der Waals surface area contributed by atoms with Crippen molar-refractivity contribution in [1.82, 2.24) is 28.2 Å². The lowest BCUT2D eigenvalue weighted by Gasteiger charge is -2.07. The fraction of sp³-hybridized carbons (Fsp3) is 0.235. The number of imidazole rings is 2. The summed E-state index contributed by atoms with van der Waals surface area (Å²) < 4.78 is 10.8. The smallest absolute Gasteiger partial charge is 0.332 e. The number of nitrogens with zero attached hydrogens (tertiary/aromatic N) is 6. The summed E-state index contributed by atoms with van der Waals surface area (Å²) in [5.41, 5.74) is 0.999. The molecule has 3 aromatic heterocycles. The van der Waals surface area contributed by atoms with Crippen LogP contribution in [0.25, 0.3) is 22.2 Å². The molecule has 0 amide bonds. The van der Waals surface area contributed by atoms with Crippen LogP contribution in [-0.2, 0) is 32.5 Å². The van der Waals surface area contributed by atoms with Crippen molar-refractivity contribution in [2.75, 3.05) is 0 Å². The first-order valence-corrected chi connectivity index (χ1v) is 8.09. The zero-order valence-corrected chi connectivity index (χ0v) is 14.9. The van der Waals surface area contributed by atoms with Crippen LogP contribution >= 0.6 is 0 Å². The Labute approximate surface area is 151 Å². The predicted octanol–water partition coefficient (Wildman–Crippen LogP) is -0.0740. The Kier molecular flexibility index (Phi) is 3.69. The van der Waals surface area contributed by atoms with Crippen molar-refractivity contribution in [3.8, 4) is 5.75 Å². The van der Waals surface area contributed by atoms with Crippen molar-refractivity contribution in [3.63, 3.8) is 0 Å². The zero-order chi connectivity index (χ0) is 19.3. The van der Waals surface area contributed by atoms with Gasteiger partial charge in [-0.1, -0.05) is 0 Å². The third-order valence-electron chi connectivity index (χ3n) is 4.45. The maximum atomic E-state index is 12.4. The topological polar surface area (TPSA) is 106 Å². The first-order chi connectivity index (χ1) is 12.9. The molecule has 0 spiro atoms. The molecule has 0 fully saturated rings. The number of hydrogen-bond donors (Lipinski definition) is 0. The molecule has 3 heterocycles. The highest BCUT2D eigenvalue weighted by Gasteiger charge is 2.17. The number of esters is 1. The Hall–Kier alpha value is -3.69. The molecule has 0 saturated heterocycles. The highest BCUT2D eigenvalue weighted by atomic mass is 16.5. The van der Waals surface area contributed by atoms with Crippen LogP contribution in [0, 0.1) is 0 Å². The molecule has 4 aromatic rings. The Balaban J connectivity index is 1.64. The number of aromatic nitrogens is 6. The molecule has 10 nitrogen and oxygen atoms in total. The van der Waals surface area contributed by atoms with Gasteiger partial charge in [-0.25, -0.2) is 19.6 Å². The van der Waals surface area contributed by atoms with Crippen molar-refractivity contribution >= 4 is 28.2 Å². The van der Waals surface area contributed by atoms with Gasteiger partial charge in [-0.05, 0) is 12.1 Å². The maximum Gasteiger partial charge on any atom is 0.332 e. The van der Waals surface area contributed by atoms with E-state index >= 15 is 0 Å².